The van der Waals surface area contributed by atoms with Crippen LogP contribution in [0.5, 0.6) is 0 Å². The Labute approximate surface area is 180 Å². The molecule has 11 heteroatoms. The summed E-state index contributed by atoms with van der Waals surface area (Å²) in [6.07, 6.45) is -3.61. The van der Waals surface area contributed by atoms with E-state index in [-0.39, 0.29) is 22.4 Å². The van der Waals surface area contributed by atoms with E-state index in [9.17, 15) is 26.0 Å². The van der Waals surface area contributed by atoms with Gasteiger partial charge in [-0.1, -0.05) is 0 Å². The van der Waals surface area contributed by atoms with Gasteiger partial charge in [0.1, 0.15) is 5.82 Å². The Morgan fingerprint density at radius 1 is 1.00 bits per heavy atom. The molecular formula is C21H18F4N4O2S. The lowest BCUT2D eigenvalue weighted by Crippen LogP contribution is -2.30. The van der Waals surface area contributed by atoms with E-state index in [0.717, 1.165) is 12.1 Å². The van der Waals surface area contributed by atoms with Crippen LogP contribution in [0.1, 0.15) is 26.3 Å². The number of aromatic amines is 1. The molecule has 0 fully saturated rings. The maximum absolute atomic E-state index is 13.8. The zero-order valence-electron chi connectivity index (χ0n) is 17.2. The number of aromatic nitrogens is 3. The van der Waals surface area contributed by atoms with Gasteiger partial charge in [0.15, 0.2) is 15.7 Å². The van der Waals surface area contributed by atoms with Crippen LogP contribution < -0.4 is 5.32 Å². The highest BCUT2D eigenvalue weighted by Crippen LogP contribution is 2.41. The van der Waals surface area contributed by atoms with E-state index in [1.807, 2.05) is 0 Å². The lowest BCUT2D eigenvalue weighted by atomic mass is 10.1. The molecule has 2 heterocycles. The molecule has 4 rings (SSSR count). The quantitative estimate of drug-likeness (QED) is 0.385. The highest BCUT2D eigenvalue weighted by Gasteiger charge is 2.41. The van der Waals surface area contributed by atoms with E-state index < -0.39 is 37.0 Å². The molecule has 0 aliphatic rings. The second-order valence-corrected chi connectivity index (χ2v) is 10.9. The fourth-order valence-corrected chi connectivity index (χ4v) is 4.66. The molecular weight excluding hydrogens is 448 g/mol. The molecule has 0 bridgehead atoms. The van der Waals surface area contributed by atoms with Gasteiger partial charge in [-0.25, -0.2) is 12.8 Å². The number of fused-ring (bicyclic) bond motifs is 2. The van der Waals surface area contributed by atoms with E-state index in [2.05, 4.69) is 20.5 Å². The zero-order valence-corrected chi connectivity index (χ0v) is 18.0. The number of halogens is 4. The molecule has 6 nitrogen and oxygen atoms in total. The summed E-state index contributed by atoms with van der Waals surface area (Å²) >= 11 is 0. The summed E-state index contributed by atoms with van der Waals surface area (Å²) in [7, 11) is -4.35. The van der Waals surface area contributed by atoms with Gasteiger partial charge in [-0.2, -0.15) is 18.3 Å². The van der Waals surface area contributed by atoms with Gasteiger partial charge in [-0.15, -0.1) is 0 Å². The van der Waals surface area contributed by atoms with E-state index in [1.54, 1.807) is 0 Å². The molecule has 168 valence electrons. The summed E-state index contributed by atoms with van der Waals surface area (Å²) in [5.74, 6) is -0.262. The van der Waals surface area contributed by atoms with Crippen molar-refractivity contribution in [1.82, 2.24) is 15.2 Å². The smallest absolute Gasteiger partial charge is 0.338 e. The lowest BCUT2D eigenvalue weighted by Gasteiger charge is -2.23. The first-order valence-electron chi connectivity index (χ1n) is 9.44. The molecule has 4 aromatic rings. The average Bonchev–Trinajstić information content (AvgIpc) is 3.07. The van der Waals surface area contributed by atoms with Crippen LogP contribution in [-0.2, 0) is 16.0 Å². The van der Waals surface area contributed by atoms with Crippen LogP contribution in [0.25, 0.3) is 21.8 Å². The van der Waals surface area contributed by atoms with Crippen molar-refractivity contribution in [3.05, 3.63) is 54.0 Å². The van der Waals surface area contributed by atoms with Crippen molar-refractivity contribution in [1.29, 1.82) is 0 Å². The fraction of sp³-hybridized carbons (Fsp3) is 0.238. The van der Waals surface area contributed by atoms with Crippen molar-refractivity contribution in [2.45, 2.75) is 36.6 Å². The van der Waals surface area contributed by atoms with Gasteiger partial charge in [0.2, 0.25) is 0 Å². The number of sulfone groups is 1. The van der Waals surface area contributed by atoms with Gasteiger partial charge in [-0.05, 0) is 57.2 Å². The summed E-state index contributed by atoms with van der Waals surface area (Å²) in [6.45, 7) is 4.00. The highest BCUT2D eigenvalue weighted by molar-refractivity contribution is 7.92. The number of hydrogen-bond acceptors (Lipinski definition) is 5. The van der Waals surface area contributed by atoms with E-state index >= 15 is 0 Å². The number of benzene rings is 2. The minimum absolute atomic E-state index is 0.0544. The van der Waals surface area contributed by atoms with Crippen molar-refractivity contribution < 1.29 is 26.0 Å². The van der Waals surface area contributed by atoms with Gasteiger partial charge in [0, 0.05) is 17.0 Å². The number of anilines is 2. The van der Waals surface area contributed by atoms with Crippen molar-refractivity contribution >= 4 is 43.1 Å². The van der Waals surface area contributed by atoms with Crippen LogP contribution in [0.3, 0.4) is 0 Å². The number of nitrogens with zero attached hydrogens (tertiary/aromatic N) is 2. The third-order valence-electron chi connectivity index (χ3n) is 5.02. The number of alkyl halides is 3. The molecule has 0 saturated heterocycles. The first-order chi connectivity index (χ1) is 14.8. The molecule has 0 atom stereocenters. The van der Waals surface area contributed by atoms with Crippen LogP contribution in [0.15, 0.2) is 47.5 Å². The van der Waals surface area contributed by atoms with Crippen LogP contribution in [-0.4, -0.2) is 28.3 Å². The Morgan fingerprint density at radius 2 is 1.72 bits per heavy atom. The van der Waals surface area contributed by atoms with Crippen molar-refractivity contribution in [3.63, 3.8) is 0 Å². The van der Waals surface area contributed by atoms with Gasteiger partial charge < -0.3 is 5.32 Å². The topological polar surface area (TPSA) is 87.7 Å². The van der Waals surface area contributed by atoms with Crippen LogP contribution >= 0.6 is 0 Å². The van der Waals surface area contributed by atoms with Crippen LogP contribution in [0.2, 0.25) is 0 Å². The number of H-pyrrole nitrogens is 1. The summed E-state index contributed by atoms with van der Waals surface area (Å²) in [5.41, 5.74) is -0.521. The molecule has 2 N–H and O–H groups in total. The largest absolute Gasteiger partial charge is 0.417 e. The minimum Gasteiger partial charge on any atom is -0.338 e. The Kier molecular flexibility index (Phi) is 4.92. The van der Waals surface area contributed by atoms with Crippen molar-refractivity contribution in [3.8, 4) is 0 Å². The van der Waals surface area contributed by atoms with Gasteiger partial charge >= 0.3 is 6.18 Å². The zero-order chi connectivity index (χ0) is 23.5. The first-order valence-corrected chi connectivity index (χ1v) is 10.9. The SMILES string of the molecule is CC(C)(C)S(=O)(=O)c1cc2c(Nc3n[nH]c4ccc(F)cc34)ccnc2cc1C(F)(F)F. The first kappa shape index (κ1) is 22.0. The third kappa shape index (κ3) is 3.66. The Balaban J connectivity index is 1.96. The Bertz CT molecular complexity index is 1450. The number of rotatable bonds is 3. The van der Waals surface area contributed by atoms with Gasteiger partial charge in [-0.3, -0.25) is 10.1 Å². The van der Waals surface area contributed by atoms with Crippen molar-refractivity contribution in [2.24, 2.45) is 0 Å². The molecule has 0 spiro atoms. The summed E-state index contributed by atoms with van der Waals surface area (Å²) in [6, 6.07) is 7.18. The number of nitrogens with one attached hydrogen (secondary N) is 2. The fourth-order valence-electron chi connectivity index (χ4n) is 3.26. The molecule has 0 aliphatic carbocycles. The number of pyridine rings is 1. The molecule has 2 aromatic carbocycles. The Morgan fingerprint density at radius 3 is 2.38 bits per heavy atom. The summed E-state index contributed by atoms with van der Waals surface area (Å²) in [5, 5.41) is 10.3. The van der Waals surface area contributed by atoms with Crippen molar-refractivity contribution in [2.75, 3.05) is 5.32 Å². The van der Waals surface area contributed by atoms with Crippen LogP contribution in [0.4, 0.5) is 29.1 Å². The second-order valence-electron chi connectivity index (χ2n) is 8.22. The predicted molar refractivity (Wildman–Crippen MR) is 113 cm³/mol. The monoisotopic (exact) mass is 466 g/mol. The molecule has 0 unspecified atom stereocenters. The Hall–Kier alpha value is -3.21. The average molecular weight is 466 g/mol. The minimum atomic E-state index is -4.90. The van der Waals surface area contributed by atoms with Crippen LogP contribution in [0, 0.1) is 5.82 Å². The van der Waals surface area contributed by atoms with Gasteiger partial charge in [0.25, 0.3) is 0 Å². The summed E-state index contributed by atoms with van der Waals surface area (Å²) in [4.78, 5) is 3.15. The third-order valence-corrected chi connectivity index (χ3v) is 7.55. The standard InChI is InChI=1S/C21H18F4N4O2S/c1-20(2,3)32(30,31)18-9-12-15(6-7-26-17(12)10-14(18)21(23,24)25)27-19-13-8-11(22)4-5-16(13)28-29-19/h4-10H,1-3H3,(H2,26,27,28,29). The van der Waals surface area contributed by atoms with E-state index in [4.69, 9.17) is 0 Å². The molecule has 0 saturated carbocycles. The molecule has 0 radical (unpaired) electrons. The molecule has 0 amide bonds. The van der Waals surface area contributed by atoms with E-state index in [1.165, 1.54) is 51.2 Å². The number of hydrogen-bond donors (Lipinski definition) is 2. The molecule has 0 aliphatic heterocycles. The summed E-state index contributed by atoms with van der Waals surface area (Å²) < 4.78 is 79.5. The molecule has 2 aromatic heterocycles. The maximum atomic E-state index is 13.8. The lowest BCUT2D eigenvalue weighted by molar-refractivity contribution is -0.139. The molecule has 32 heavy (non-hydrogen) atoms. The van der Waals surface area contributed by atoms with E-state index in [0.29, 0.717) is 10.9 Å². The highest BCUT2D eigenvalue weighted by atomic mass is 32.2. The second kappa shape index (κ2) is 7.16. The maximum Gasteiger partial charge on any atom is 0.417 e. The van der Waals surface area contributed by atoms with Gasteiger partial charge in [0.05, 0.1) is 31.9 Å². The normalized spacial score (nSPS) is 13.1. The predicted octanol–water partition coefficient (Wildman–Crippen LogP) is 5.58.